The summed E-state index contributed by atoms with van der Waals surface area (Å²) in [6.07, 6.45) is 0.763. The fourth-order valence-corrected chi connectivity index (χ4v) is 5.99. The van der Waals surface area contributed by atoms with Crippen LogP contribution < -0.4 is 5.69 Å². The summed E-state index contributed by atoms with van der Waals surface area (Å²) in [6.45, 7) is 4.79. The van der Waals surface area contributed by atoms with Crippen LogP contribution in [0.2, 0.25) is 0 Å². The number of aromatic nitrogens is 2. The third kappa shape index (κ3) is 3.62. The number of nitrogens with one attached hydrogen (secondary N) is 1. The number of H-pyrrole nitrogens is 1. The molecule has 0 bridgehead atoms. The first-order chi connectivity index (χ1) is 11.7. The van der Waals surface area contributed by atoms with E-state index in [4.69, 9.17) is 0 Å². The molecule has 0 spiro atoms. The number of fused-ring (bicyclic) bond motifs is 1. The normalized spacial score (nSPS) is 25.8. The zero-order valence-corrected chi connectivity index (χ0v) is 15.6. The molecule has 1 aromatic rings. The van der Waals surface area contributed by atoms with E-state index in [1.807, 2.05) is 11.9 Å². The van der Waals surface area contributed by atoms with Gasteiger partial charge in [-0.25, -0.2) is 13.2 Å². The van der Waals surface area contributed by atoms with Crippen molar-refractivity contribution in [2.45, 2.75) is 38.8 Å². The van der Waals surface area contributed by atoms with Crippen LogP contribution in [0.5, 0.6) is 0 Å². The number of rotatable bonds is 3. The molecule has 0 radical (unpaired) electrons. The fraction of sp³-hybridized carbons (Fsp3) is 0.688. The minimum Gasteiger partial charge on any atom is -0.336 e. The number of sulfone groups is 1. The predicted octanol–water partition coefficient (Wildman–Crippen LogP) is -0.741. The molecule has 1 amide bonds. The third-order valence-electron chi connectivity index (χ3n) is 5.32. The van der Waals surface area contributed by atoms with Crippen molar-refractivity contribution in [2.24, 2.45) is 0 Å². The number of piperazine rings is 1. The van der Waals surface area contributed by atoms with Crippen molar-refractivity contribution in [1.29, 1.82) is 0 Å². The molecule has 0 saturated carbocycles. The Kier molecular flexibility index (Phi) is 4.72. The van der Waals surface area contributed by atoms with Gasteiger partial charge in [-0.3, -0.25) is 9.69 Å². The maximum absolute atomic E-state index is 12.7. The lowest BCUT2D eigenvalue weighted by atomic mass is 10.0. The molecule has 1 N–H and O–H groups in total. The molecule has 0 aliphatic carbocycles. The van der Waals surface area contributed by atoms with Gasteiger partial charge < -0.3 is 9.88 Å². The van der Waals surface area contributed by atoms with Crippen molar-refractivity contribution in [1.82, 2.24) is 19.8 Å². The second-order valence-corrected chi connectivity index (χ2v) is 9.16. The molecule has 138 valence electrons. The Labute approximate surface area is 147 Å². The molecule has 2 atom stereocenters. The number of hydrogen-bond donors (Lipinski definition) is 1. The first kappa shape index (κ1) is 18.1. The van der Waals surface area contributed by atoms with E-state index in [1.165, 1.54) is 0 Å². The summed E-state index contributed by atoms with van der Waals surface area (Å²) in [5, 5.41) is 0. The summed E-state index contributed by atoms with van der Waals surface area (Å²) in [4.78, 5) is 34.4. The third-order valence-corrected chi connectivity index (χ3v) is 7.01. The van der Waals surface area contributed by atoms with E-state index in [2.05, 4.69) is 9.97 Å². The van der Waals surface area contributed by atoms with Crippen LogP contribution in [0.4, 0.5) is 0 Å². The lowest BCUT2D eigenvalue weighted by molar-refractivity contribution is -0.136. The van der Waals surface area contributed by atoms with Gasteiger partial charge in [-0.2, -0.15) is 4.98 Å². The van der Waals surface area contributed by atoms with Crippen molar-refractivity contribution in [2.75, 3.05) is 31.6 Å². The number of aromatic amines is 1. The molecule has 3 rings (SSSR count). The molecule has 0 aromatic carbocycles. The van der Waals surface area contributed by atoms with Gasteiger partial charge in [0, 0.05) is 36.9 Å². The van der Waals surface area contributed by atoms with Crippen LogP contribution in [0.3, 0.4) is 0 Å². The minimum atomic E-state index is -3.10. The first-order valence-corrected chi connectivity index (χ1v) is 10.3. The molecule has 2 aliphatic heterocycles. The second kappa shape index (κ2) is 6.53. The monoisotopic (exact) mass is 368 g/mol. The number of carbonyl (C=O) groups excluding carboxylic acids is 1. The maximum Gasteiger partial charge on any atom is 0.345 e. The Balaban J connectivity index is 1.72. The van der Waals surface area contributed by atoms with Gasteiger partial charge in [0.1, 0.15) is 0 Å². The zero-order valence-electron chi connectivity index (χ0n) is 14.8. The zero-order chi connectivity index (χ0) is 18.4. The van der Waals surface area contributed by atoms with E-state index in [0.29, 0.717) is 25.2 Å². The van der Waals surface area contributed by atoms with E-state index in [1.54, 1.807) is 18.7 Å². The van der Waals surface area contributed by atoms with E-state index in [0.717, 1.165) is 11.3 Å². The number of aryl methyl sites for hydroxylation is 2. The second-order valence-electron chi connectivity index (χ2n) is 7.01. The Hall–Kier alpha value is -1.74. The molecule has 3 heterocycles. The number of nitrogens with zero attached hydrogens (tertiary/aromatic N) is 3. The molecule has 25 heavy (non-hydrogen) atoms. The van der Waals surface area contributed by atoms with Crippen molar-refractivity contribution in [3.8, 4) is 0 Å². The molecular formula is C16H24N4O4S. The van der Waals surface area contributed by atoms with Crippen LogP contribution in [0.1, 0.15) is 23.4 Å². The molecule has 0 unspecified atom stereocenters. The Morgan fingerprint density at radius 1 is 1.24 bits per heavy atom. The average molecular weight is 368 g/mol. The highest BCUT2D eigenvalue weighted by Gasteiger charge is 2.46. The highest BCUT2D eigenvalue weighted by atomic mass is 32.2. The standard InChI is InChI=1S/C16H24N4O4S/c1-10-12(11(2)18-16(22)17-10)4-5-15(21)20-7-6-19(3)13-8-25(23,24)9-14(13)20/h13-14H,4-9H2,1-3H3,(H,17,18,22)/t13-,14+/m1/s1. The molecule has 8 nitrogen and oxygen atoms in total. The van der Waals surface area contributed by atoms with Crippen molar-refractivity contribution < 1.29 is 13.2 Å². The average Bonchev–Trinajstić information content (AvgIpc) is 2.82. The number of likely N-dealkylation sites (N-methyl/N-ethyl adjacent to an activating group) is 1. The van der Waals surface area contributed by atoms with E-state index < -0.39 is 9.84 Å². The Bertz CT molecular complexity index is 822. The molecule has 2 saturated heterocycles. The van der Waals surface area contributed by atoms with Gasteiger partial charge in [-0.15, -0.1) is 0 Å². The number of hydrogen-bond acceptors (Lipinski definition) is 6. The quantitative estimate of drug-likeness (QED) is 0.754. The van der Waals surface area contributed by atoms with Crippen molar-refractivity contribution in [3.63, 3.8) is 0 Å². The summed E-state index contributed by atoms with van der Waals surface area (Å²) in [7, 11) is -1.18. The van der Waals surface area contributed by atoms with Crippen LogP contribution in [-0.4, -0.2) is 77.8 Å². The predicted molar refractivity (Wildman–Crippen MR) is 93.2 cm³/mol. The molecule has 2 aliphatic rings. The van der Waals surface area contributed by atoms with Crippen LogP contribution in [0, 0.1) is 13.8 Å². The van der Waals surface area contributed by atoms with Crippen LogP contribution in [0.15, 0.2) is 4.79 Å². The summed E-state index contributed by atoms with van der Waals surface area (Å²) in [5.74, 6) is 0.136. The van der Waals surface area contributed by atoms with Gasteiger partial charge in [0.05, 0.1) is 17.5 Å². The molecule has 2 fully saturated rings. The summed E-state index contributed by atoms with van der Waals surface area (Å²) in [6, 6.07) is -0.368. The van der Waals surface area contributed by atoms with Gasteiger partial charge in [0.15, 0.2) is 9.84 Å². The van der Waals surface area contributed by atoms with Crippen LogP contribution in [-0.2, 0) is 21.1 Å². The molecule has 1 aromatic heterocycles. The summed E-state index contributed by atoms with van der Waals surface area (Å²) in [5.41, 5.74) is 1.85. The lowest BCUT2D eigenvalue weighted by Gasteiger charge is -2.42. The van der Waals surface area contributed by atoms with Gasteiger partial charge in [-0.05, 0) is 32.9 Å². The smallest absolute Gasteiger partial charge is 0.336 e. The van der Waals surface area contributed by atoms with E-state index in [-0.39, 0.29) is 41.6 Å². The first-order valence-electron chi connectivity index (χ1n) is 8.44. The minimum absolute atomic E-state index is 0.0369. The fourth-order valence-electron chi connectivity index (χ4n) is 3.93. The molecular weight excluding hydrogens is 344 g/mol. The molecule has 9 heteroatoms. The van der Waals surface area contributed by atoms with Crippen LogP contribution >= 0.6 is 0 Å². The maximum atomic E-state index is 12.7. The van der Waals surface area contributed by atoms with Crippen molar-refractivity contribution >= 4 is 15.7 Å². The van der Waals surface area contributed by atoms with Crippen molar-refractivity contribution in [3.05, 3.63) is 27.4 Å². The lowest BCUT2D eigenvalue weighted by Crippen LogP contribution is -2.59. The number of amides is 1. The van der Waals surface area contributed by atoms with E-state index in [9.17, 15) is 18.0 Å². The largest absolute Gasteiger partial charge is 0.345 e. The summed E-state index contributed by atoms with van der Waals surface area (Å²) >= 11 is 0. The Morgan fingerprint density at radius 2 is 1.92 bits per heavy atom. The van der Waals surface area contributed by atoms with Crippen LogP contribution in [0.25, 0.3) is 0 Å². The van der Waals surface area contributed by atoms with E-state index >= 15 is 0 Å². The topological polar surface area (TPSA) is 103 Å². The highest BCUT2D eigenvalue weighted by Crippen LogP contribution is 2.26. The number of carbonyl (C=O) groups is 1. The van der Waals surface area contributed by atoms with Gasteiger partial charge in [-0.1, -0.05) is 0 Å². The SMILES string of the molecule is Cc1nc(=O)[nH]c(C)c1CCC(=O)N1CCN(C)[C@@H]2CS(=O)(=O)C[C@@H]21. The van der Waals surface area contributed by atoms with Gasteiger partial charge >= 0.3 is 5.69 Å². The summed E-state index contributed by atoms with van der Waals surface area (Å²) < 4.78 is 24.0. The highest BCUT2D eigenvalue weighted by molar-refractivity contribution is 7.91. The van der Waals surface area contributed by atoms with Gasteiger partial charge in [0.2, 0.25) is 5.91 Å². The van der Waals surface area contributed by atoms with Gasteiger partial charge in [0.25, 0.3) is 0 Å². The Morgan fingerprint density at radius 3 is 2.60 bits per heavy atom.